The van der Waals surface area contributed by atoms with Gasteiger partial charge in [-0.1, -0.05) is 75.4 Å². The third-order valence-corrected chi connectivity index (χ3v) is 6.95. The number of hydrogen-bond acceptors (Lipinski definition) is 6. The van der Waals surface area contributed by atoms with E-state index in [-0.39, 0.29) is 12.5 Å². The van der Waals surface area contributed by atoms with Crippen LogP contribution in [0.1, 0.15) is 66.3 Å². The number of esters is 1. The van der Waals surface area contributed by atoms with Gasteiger partial charge in [-0.2, -0.15) is 0 Å². The Balaban J connectivity index is 1.72. The maximum absolute atomic E-state index is 13.4. The van der Waals surface area contributed by atoms with E-state index in [0.717, 1.165) is 18.4 Å². The molecule has 0 aliphatic carbocycles. The predicted molar refractivity (Wildman–Crippen MR) is 164 cm³/mol. The molecule has 8 heteroatoms. The maximum Gasteiger partial charge on any atom is 0.328 e. The molecular formula is C34H43N3O5. The Hall–Kier alpha value is -4.01. The van der Waals surface area contributed by atoms with E-state index in [1.54, 1.807) is 53.4 Å². The van der Waals surface area contributed by atoms with Crippen LogP contribution in [0, 0.1) is 0 Å². The van der Waals surface area contributed by atoms with Gasteiger partial charge in [0.25, 0.3) is 11.8 Å². The van der Waals surface area contributed by atoms with Gasteiger partial charge in [-0.25, -0.2) is 4.79 Å². The first-order valence-electron chi connectivity index (χ1n) is 14.8. The van der Waals surface area contributed by atoms with Crippen molar-refractivity contribution < 1.29 is 24.2 Å². The van der Waals surface area contributed by atoms with Crippen LogP contribution in [-0.4, -0.2) is 65.6 Å². The number of para-hydroxylation sites is 1. The van der Waals surface area contributed by atoms with Crippen molar-refractivity contribution in [1.82, 2.24) is 15.5 Å². The molecule has 224 valence electrons. The summed E-state index contributed by atoms with van der Waals surface area (Å²) in [5, 5.41) is 17.3. The summed E-state index contributed by atoms with van der Waals surface area (Å²) >= 11 is 0. The molecule has 3 N–H and O–H groups in total. The molecule has 3 rings (SSSR count). The molecule has 42 heavy (non-hydrogen) atoms. The zero-order chi connectivity index (χ0) is 30.3. The van der Waals surface area contributed by atoms with Crippen molar-refractivity contribution in [1.29, 1.82) is 0 Å². The average Bonchev–Trinajstić information content (AvgIpc) is 3.01. The molecule has 0 fully saturated rings. The molecule has 3 aromatic carbocycles. The topological polar surface area (TPSA) is 108 Å². The molecule has 0 heterocycles. The van der Waals surface area contributed by atoms with Gasteiger partial charge in [0.15, 0.2) is 0 Å². The minimum absolute atomic E-state index is 0.0572. The average molecular weight is 574 g/mol. The van der Waals surface area contributed by atoms with E-state index >= 15 is 0 Å². The van der Waals surface area contributed by atoms with Crippen LogP contribution in [0.5, 0.6) is 5.75 Å². The normalized spacial score (nSPS) is 13.0. The molecule has 0 spiro atoms. The van der Waals surface area contributed by atoms with Crippen LogP contribution >= 0.6 is 0 Å². The van der Waals surface area contributed by atoms with Gasteiger partial charge < -0.3 is 25.4 Å². The lowest BCUT2D eigenvalue weighted by molar-refractivity contribution is -0.137. The van der Waals surface area contributed by atoms with E-state index in [2.05, 4.69) is 10.6 Å². The van der Waals surface area contributed by atoms with E-state index in [1.807, 2.05) is 57.2 Å². The van der Waals surface area contributed by atoms with Crippen LogP contribution in [0.4, 0.5) is 0 Å². The smallest absolute Gasteiger partial charge is 0.328 e. The zero-order valence-corrected chi connectivity index (χ0v) is 24.8. The molecule has 0 aliphatic heterocycles. The van der Waals surface area contributed by atoms with Crippen LogP contribution in [0.3, 0.4) is 0 Å². The summed E-state index contributed by atoms with van der Waals surface area (Å²) in [6.45, 7) is 7.28. The monoisotopic (exact) mass is 573 g/mol. The van der Waals surface area contributed by atoms with Crippen LogP contribution < -0.4 is 15.4 Å². The van der Waals surface area contributed by atoms with Gasteiger partial charge in [-0.05, 0) is 61.6 Å². The van der Waals surface area contributed by atoms with Gasteiger partial charge in [-0.3, -0.25) is 9.59 Å². The maximum atomic E-state index is 13.4. The number of aliphatic hydroxyl groups excluding tert-OH is 1. The SMILES string of the molecule is CCCN(CCC)C(=O)c1cccc(C(=O)N[C@@H](Cc2ccccc2)C(O)CNC(CC)C(=O)Oc2ccccc2)c1. The highest BCUT2D eigenvalue weighted by Crippen LogP contribution is 2.14. The number of aliphatic hydroxyl groups is 1. The standard InChI is InChI=1S/C34H43N3O5/c1-4-20-37(21-5-2)33(40)27-17-13-16-26(23-27)32(39)36-30(22-25-14-9-7-10-15-25)31(38)24-35-29(6-3)34(41)42-28-18-11-8-12-19-28/h7-19,23,29-31,35,38H,4-6,20-22,24H2,1-3H3,(H,36,39)/t29?,30-,31?/m0/s1. The number of amides is 2. The van der Waals surface area contributed by atoms with Crippen molar-refractivity contribution >= 4 is 17.8 Å². The zero-order valence-electron chi connectivity index (χ0n) is 24.8. The highest BCUT2D eigenvalue weighted by atomic mass is 16.5. The van der Waals surface area contributed by atoms with Gasteiger partial charge in [0, 0.05) is 30.8 Å². The fourth-order valence-corrected chi connectivity index (χ4v) is 4.71. The van der Waals surface area contributed by atoms with Crippen LogP contribution in [0.2, 0.25) is 0 Å². The van der Waals surface area contributed by atoms with E-state index in [1.165, 1.54) is 0 Å². The molecule has 8 nitrogen and oxygen atoms in total. The summed E-state index contributed by atoms with van der Waals surface area (Å²) < 4.78 is 5.47. The first-order chi connectivity index (χ1) is 20.4. The van der Waals surface area contributed by atoms with Crippen molar-refractivity contribution in [3.8, 4) is 5.75 Å². The lowest BCUT2D eigenvalue weighted by Crippen LogP contribution is -2.51. The fraction of sp³-hybridized carbons (Fsp3) is 0.382. The second-order valence-corrected chi connectivity index (χ2v) is 10.3. The summed E-state index contributed by atoms with van der Waals surface area (Å²) in [5.41, 5.74) is 1.73. The summed E-state index contributed by atoms with van der Waals surface area (Å²) in [7, 11) is 0. The van der Waals surface area contributed by atoms with E-state index < -0.39 is 30.1 Å². The second kappa shape index (κ2) is 17.1. The number of nitrogens with zero attached hydrogens (tertiary/aromatic N) is 1. The molecule has 0 bridgehead atoms. The number of rotatable bonds is 16. The Labute approximate surface area is 249 Å². The lowest BCUT2D eigenvalue weighted by atomic mass is 9.99. The first kappa shape index (κ1) is 32.5. The molecule has 3 aromatic rings. The Morgan fingerprint density at radius 3 is 2.07 bits per heavy atom. The first-order valence-corrected chi connectivity index (χ1v) is 14.8. The summed E-state index contributed by atoms with van der Waals surface area (Å²) in [6, 6.07) is 23.8. The van der Waals surface area contributed by atoms with Gasteiger partial charge in [0.05, 0.1) is 12.1 Å². The molecule has 0 radical (unpaired) electrons. The Bertz CT molecular complexity index is 1260. The Kier molecular flexibility index (Phi) is 13.2. The van der Waals surface area contributed by atoms with E-state index in [9.17, 15) is 19.5 Å². The minimum Gasteiger partial charge on any atom is -0.425 e. The number of carbonyl (C=O) groups excluding carboxylic acids is 3. The Morgan fingerprint density at radius 1 is 0.833 bits per heavy atom. The fourth-order valence-electron chi connectivity index (χ4n) is 4.71. The Morgan fingerprint density at radius 2 is 1.45 bits per heavy atom. The molecule has 2 amide bonds. The molecule has 3 atom stereocenters. The highest BCUT2D eigenvalue weighted by Gasteiger charge is 2.26. The summed E-state index contributed by atoms with van der Waals surface area (Å²) in [5.74, 6) is -0.490. The molecule has 0 aromatic heterocycles. The predicted octanol–water partition coefficient (Wildman–Crippen LogP) is 4.62. The van der Waals surface area contributed by atoms with Crippen molar-refractivity contribution in [3.05, 3.63) is 102 Å². The van der Waals surface area contributed by atoms with Gasteiger partial charge in [0.1, 0.15) is 11.8 Å². The second-order valence-electron chi connectivity index (χ2n) is 10.3. The number of hydrogen-bond donors (Lipinski definition) is 3. The number of carbonyl (C=O) groups is 3. The highest BCUT2D eigenvalue weighted by molar-refractivity contribution is 5.99. The summed E-state index contributed by atoms with van der Waals surface area (Å²) in [4.78, 5) is 41.1. The van der Waals surface area contributed by atoms with E-state index in [0.29, 0.717) is 42.8 Å². The lowest BCUT2D eigenvalue weighted by Gasteiger charge is -2.26. The van der Waals surface area contributed by atoms with Crippen LogP contribution in [-0.2, 0) is 11.2 Å². The largest absolute Gasteiger partial charge is 0.425 e. The molecule has 0 saturated carbocycles. The number of nitrogens with one attached hydrogen (secondary N) is 2. The third kappa shape index (κ3) is 9.82. The van der Waals surface area contributed by atoms with Gasteiger partial charge in [-0.15, -0.1) is 0 Å². The third-order valence-electron chi connectivity index (χ3n) is 6.95. The van der Waals surface area contributed by atoms with Crippen molar-refractivity contribution in [2.75, 3.05) is 19.6 Å². The van der Waals surface area contributed by atoms with Gasteiger partial charge >= 0.3 is 5.97 Å². The number of benzene rings is 3. The minimum atomic E-state index is -1.01. The molecule has 2 unspecified atom stereocenters. The van der Waals surface area contributed by atoms with E-state index in [4.69, 9.17) is 4.74 Å². The number of ether oxygens (including phenoxy) is 1. The van der Waals surface area contributed by atoms with Crippen molar-refractivity contribution in [3.63, 3.8) is 0 Å². The van der Waals surface area contributed by atoms with Crippen LogP contribution in [0.25, 0.3) is 0 Å². The molecule has 0 saturated heterocycles. The van der Waals surface area contributed by atoms with Gasteiger partial charge in [0.2, 0.25) is 0 Å². The quantitative estimate of drug-likeness (QED) is 0.170. The van der Waals surface area contributed by atoms with Crippen molar-refractivity contribution in [2.24, 2.45) is 0 Å². The molecular weight excluding hydrogens is 530 g/mol. The summed E-state index contributed by atoms with van der Waals surface area (Å²) in [6.07, 6.45) is 1.52. The van der Waals surface area contributed by atoms with Crippen molar-refractivity contribution in [2.45, 2.75) is 64.6 Å². The molecule has 0 aliphatic rings. The van der Waals surface area contributed by atoms with Crippen LogP contribution in [0.15, 0.2) is 84.9 Å².